The number of nitrogens with one attached hydrogen (secondary N) is 2. The standard InChI is InChI=1S/C27H32N2O6S/c1-3-20-14-25(32)35-26-18(2)23(11-10-21(20)26)34-15-24(31)29-22(27(33)28-12-7-13-30)17-36-16-19-8-5-4-6-9-19/h4-6,8-11,14,22,30H,3,7,12-13,15-17H2,1-2H3,(H,28,33)(H,29,31)/t22-/m0/s1. The largest absolute Gasteiger partial charge is 0.483 e. The molecule has 0 saturated carbocycles. The van der Waals surface area contributed by atoms with E-state index in [4.69, 9.17) is 14.3 Å². The topological polar surface area (TPSA) is 118 Å². The van der Waals surface area contributed by atoms with Gasteiger partial charge in [0.1, 0.15) is 17.4 Å². The maximum Gasteiger partial charge on any atom is 0.336 e. The molecular formula is C27H32N2O6S. The first-order chi connectivity index (χ1) is 17.4. The van der Waals surface area contributed by atoms with E-state index in [-0.39, 0.29) is 19.1 Å². The quantitative estimate of drug-likeness (QED) is 0.238. The third kappa shape index (κ3) is 7.60. The van der Waals surface area contributed by atoms with Crippen LogP contribution in [0, 0.1) is 6.92 Å². The Bertz CT molecular complexity index is 1230. The zero-order valence-electron chi connectivity index (χ0n) is 20.5. The molecule has 0 saturated heterocycles. The van der Waals surface area contributed by atoms with Crippen LogP contribution in [0.15, 0.2) is 57.7 Å². The van der Waals surface area contributed by atoms with Gasteiger partial charge in [-0.1, -0.05) is 37.3 Å². The molecule has 2 amide bonds. The molecule has 0 aliphatic carbocycles. The molecule has 0 spiro atoms. The summed E-state index contributed by atoms with van der Waals surface area (Å²) in [6, 6.07) is 14.2. The van der Waals surface area contributed by atoms with E-state index in [0.29, 0.717) is 47.8 Å². The summed E-state index contributed by atoms with van der Waals surface area (Å²) in [5.41, 5.74) is 2.65. The van der Waals surface area contributed by atoms with Gasteiger partial charge in [0.25, 0.3) is 5.91 Å². The van der Waals surface area contributed by atoms with Gasteiger partial charge >= 0.3 is 5.63 Å². The van der Waals surface area contributed by atoms with Gasteiger partial charge in [0.15, 0.2) is 6.61 Å². The Morgan fingerprint density at radius 3 is 2.67 bits per heavy atom. The summed E-state index contributed by atoms with van der Waals surface area (Å²) in [6.45, 7) is 3.73. The van der Waals surface area contributed by atoms with Crippen LogP contribution in [0.4, 0.5) is 0 Å². The highest BCUT2D eigenvalue weighted by Crippen LogP contribution is 2.28. The average Bonchev–Trinajstić information content (AvgIpc) is 2.88. The lowest BCUT2D eigenvalue weighted by atomic mass is 10.0. The molecule has 1 heterocycles. The Labute approximate surface area is 214 Å². The number of carbonyl (C=O) groups is 2. The zero-order valence-corrected chi connectivity index (χ0v) is 21.4. The van der Waals surface area contributed by atoms with E-state index < -0.39 is 17.6 Å². The Morgan fingerprint density at radius 2 is 1.94 bits per heavy atom. The SMILES string of the molecule is CCc1cc(=O)oc2c(C)c(OCC(=O)N[C@@H](CSCc3ccccc3)C(=O)NCCCO)ccc12. The van der Waals surface area contributed by atoms with Gasteiger partial charge in [-0.05, 0) is 43.0 Å². The monoisotopic (exact) mass is 512 g/mol. The normalized spacial score (nSPS) is 11.8. The molecule has 0 aliphatic rings. The van der Waals surface area contributed by atoms with Crippen molar-refractivity contribution in [2.24, 2.45) is 0 Å². The van der Waals surface area contributed by atoms with Crippen molar-refractivity contribution in [2.75, 3.05) is 25.5 Å². The molecule has 36 heavy (non-hydrogen) atoms. The number of ether oxygens (including phenoxy) is 1. The van der Waals surface area contributed by atoms with E-state index in [1.807, 2.05) is 43.3 Å². The maximum atomic E-state index is 12.7. The summed E-state index contributed by atoms with van der Waals surface area (Å²) in [5, 5.41) is 15.3. The summed E-state index contributed by atoms with van der Waals surface area (Å²) in [6.07, 6.45) is 1.12. The Balaban J connectivity index is 1.63. The van der Waals surface area contributed by atoms with Crippen molar-refractivity contribution in [3.05, 3.63) is 75.6 Å². The van der Waals surface area contributed by atoms with Crippen molar-refractivity contribution in [3.8, 4) is 5.75 Å². The lowest BCUT2D eigenvalue weighted by molar-refractivity contribution is -0.129. The highest BCUT2D eigenvalue weighted by molar-refractivity contribution is 7.98. The van der Waals surface area contributed by atoms with E-state index >= 15 is 0 Å². The second-order valence-electron chi connectivity index (χ2n) is 8.29. The number of hydrogen-bond donors (Lipinski definition) is 3. The molecular weight excluding hydrogens is 480 g/mol. The molecule has 0 radical (unpaired) electrons. The molecule has 8 nitrogen and oxygen atoms in total. The summed E-state index contributed by atoms with van der Waals surface area (Å²) >= 11 is 1.54. The Hall–Kier alpha value is -3.30. The number of fused-ring (bicyclic) bond motifs is 1. The van der Waals surface area contributed by atoms with Crippen LogP contribution in [0.25, 0.3) is 11.0 Å². The molecule has 192 valence electrons. The van der Waals surface area contributed by atoms with Crippen LogP contribution in [0.2, 0.25) is 0 Å². The maximum absolute atomic E-state index is 12.7. The van der Waals surface area contributed by atoms with Crippen LogP contribution in [-0.4, -0.2) is 48.5 Å². The van der Waals surface area contributed by atoms with Crippen molar-refractivity contribution in [2.45, 2.75) is 38.5 Å². The van der Waals surface area contributed by atoms with Crippen molar-refractivity contribution in [1.82, 2.24) is 10.6 Å². The van der Waals surface area contributed by atoms with Crippen molar-refractivity contribution in [1.29, 1.82) is 0 Å². The molecule has 0 aliphatic heterocycles. The van der Waals surface area contributed by atoms with Crippen molar-refractivity contribution in [3.63, 3.8) is 0 Å². The van der Waals surface area contributed by atoms with E-state index in [9.17, 15) is 14.4 Å². The third-order valence-electron chi connectivity index (χ3n) is 5.62. The van der Waals surface area contributed by atoms with Gasteiger partial charge in [0, 0.05) is 41.7 Å². The number of carbonyl (C=O) groups excluding carboxylic acids is 2. The molecule has 2 aromatic carbocycles. The Kier molecular flexibility index (Phi) is 10.4. The van der Waals surface area contributed by atoms with Gasteiger partial charge in [-0.3, -0.25) is 9.59 Å². The van der Waals surface area contributed by atoms with Crippen molar-refractivity contribution < 1.29 is 23.8 Å². The number of rotatable bonds is 13. The highest BCUT2D eigenvalue weighted by Gasteiger charge is 2.21. The molecule has 1 atom stereocenters. The van der Waals surface area contributed by atoms with E-state index in [2.05, 4.69) is 10.6 Å². The lowest BCUT2D eigenvalue weighted by Crippen LogP contribution is -2.49. The third-order valence-corrected chi connectivity index (χ3v) is 6.72. The number of benzene rings is 2. The predicted molar refractivity (Wildman–Crippen MR) is 141 cm³/mol. The van der Waals surface area contributed by atoms with Gasteiger partial charge < -0.3 is 24.9 Å². The van der Waals surface area contributed by atoms with Crippen LogP contribution >= 0.6 is 11.8 Å². The minimum absolute atomic E-state index is 0.0289. The summed E-state index contributed by atoms with van der Waals surface area (Å²) in [4.78, 5) is 37.3. The number of aliphatic hydroxyl groups is 1. The number of thioether (sulfide) groups is 1. The zero-order chi connectivity index (χ0) is 25.9. The van der Waals surface area contributed by atoms with Crippen LogP contribution in [0.3, 0.4) is 0 Å². The fourth-order valence-corrected chi connectivity index (χ4v) is 4.72. The molecule has 0 bridgehead atoms. The van der Waals surface area contributed by atoms with Gasteiger partial charge in [-0.2, -0.15) is 11.8 Å². The van der Waals surface area contributed by atoms with Gasteiger partial charge in [-0.25, -0.2) is 4.79 Å². The molecule has 3 rings (SSSR count). The predicted octanol–water partition coefficient (Wildman–Crippen LogP) is 2.96. The number of aryl methyl sites for hydroxylation is 2. The molecule has 3 aromatic rings. The fraction of sp³-hybridized carbons (Fsp3) is 0.370. The van der Waals surface area contributed by atoms with Gasteiger partial charge in [0.05, 0.1) is 0 Å². The average molecular weight is 513 g/mol. The van der Waals surface area contributed by atoms with E-state index in [1.165, 1.54) is 17.8 Å². The van der Waals surface area contributed by atoms with Crippen LogP contribution in [-0.2, 0) is 21.8 Å². The molecule has 9 heteroatoms. The summed E-state index contributed by atoms with van der Waals surface area (Å²) in [5.74, 6) is 0.755. The Morgan fingerprint density at radius 1 is 1.17 bits per heavy atom. The van der Waals surface area contributed by atoms with Crippen LogP contribution in [0.5, 0.6) is 5.75 Å². The second kappa shape index (κ2) is 13.7. The van der Waals surface area contributed by atoms with Crippen LogP contribution in [0.1, 0.15) is 30.0 Å². The van der Waals surface area contributed by atoms with Gasteiger partial charge in [0.2, 0.25) is 5.91 Å². The van der Waals surface area contributed by atoms with Gasteiger partial charge in [-0.15, -0.1) is 0 Å². The smallest absolute Gasteiger partial charge is 0.336 e. The molecule has 0 fully saturated rings. The lowest BCUT2D eigenvalue weighted by Gasteiger charge is -2.19. The highest BCUT2D eigenvalue weighted by atomic mass is 32.2. The van der Waals surface area contributed by atoms with Crippen LogP contribution < -0.4 is 21.0 Å². The number of hydrogen-bond acceptors (Lipinski definition) is 7. The first kappa shape index (κ1) is 27.3. The summed E-state index contributed by atoms with van der Waals surface area (Å²) < 4.78 is 11.1. The number of aliphatic hydroxyl groups excluding tert-OH is 1. The van der Waals surface area contributed by atoms with E-state index in [0.717, 1.165) is 16.5 Å². The first-order valence-electron chi connectivity index (χ1n) is 11.9. The van der Waals surface area contributed by atoms with E-state index in [1.54, 1.807) is 13.0 Å². The molecule has 3 N–H and O–H groups in total. The molecule has 1 aromatic heterocycles. The fourth-order valence-electron chi connectivity index (χ4n) is 3.70. The summed E-state index contributed by atoms with van der Waals surface area (Å²) in [7, 11) is 0. The molecule has 0 unspecified atom stereocenters. The first-order valence-corrected chi connectivity index (χ1v) is 13.1. The minimum Gasteiger partial charge on any atom is -0.483 e. The van der Waals surface area contributed by atoms with Crippen molar-refractivity contribution >= 4 is 34.5 Å². The minimum atomic E-state index is -0.753. The number of amides is 2. The second-order valence-corrected chi connectivity index (χ2v) is 9.32.